The lowest BCUT2D eigenvalue weighted by molar-refractivity contribution is 0.646. The quantitative estimate of drug-likeness (QED) is 0.310. The Morgan fingerprint density at radius 1 is 0.758 bits per heavy atom. The van der Waals surface area contributed by atoms with Gasteiger partial charge in [0.05, 0.1) is 22.4 Å². The van der Waals surface area contributed by atoms with Crippen LogP contribution in [0, 0.1) is 0 Å². The first-order chi connectivity index (χ1) is 16.1. The van der Waals surface area contributed by atoms with Crippen molar-refractivity contribution in [3.8, 4) is 22.8 Å². The van der Waals surface area contributed by atoms with Crippen LogP contribution in [-0.4, -0.2) is 19.1 Å². The SMILES string of the molecule is CC1(C)c2ccccc2-n2cc3c4cc(-c5ccccn5)ccc4n(-c4ccccn4)c3c21. The van der Waals surface area contributed by atoms with E-state index in [0.717, 1.165) is 22.6 Å². The summed E-state index contributed by atoms with van der Waals surface area (Å²) < 4.78 is 4.71. The van der Waals surface area contributed by atoms with E-state index in [0.29, 0.717) is 0 Å². The van der Waals surface area contributed by atoms with Crippen molar-refractivity contribution >= 4 is 21.8 Å². The molecule has 0 fully saturated rings. The molecule has 0 radical (unpaired) electrons. The highest BCUT2D eigenvalue weighted by molar-refractivity contribution is 6.12. The van der Waals surface area contributed by atoms with Crippen molar-refractivity contribution in [2.45, 2.75) is 19.3 Å². The van der Waals surface area contributed by atoms with E-state index >= 15 is 0 Å². The number of benzene rings is 2. The first kappa shape index (κ1) is 18.4. The van der Waals surface area contributed by atoms with Crippen molar-refractivity contribution in [3.63, 3.8) is 0 Å². The topological polar surface area (TPSA) is 35.6 Å². The van der Waals surface area contributed by atoms with E-state index in [1.54, 1.807) is 0 Å². The van der Waals surface area contributed by atoms with Crippen molar-refractivity contribution in [2.75, 3.05) is 0 Å². The van der Waals surface area contributed by atoms with E-state index in [2.05, 4.69) is 94.8 Å². The highest BCUT2D eigenvalue weighted by Gasteiger charge is 2.39. The van der Waals surface area contributed by atoms with Gasteiger partial charge < -0.3 is 4.57 Å². The third kappa shape index (κ3) is 2.40. The minimum atomic E-state index is -0.122. The van der Waals surface area contributed by atoms with Gasteiger partial charge in [0, 0.05) is 46.0 Å². The van der Waals surface area contributed by atoms with Gasteiger partial charge in [-0.2, -0.15) is 0 Å². The van der Waals surface area contributed by atoms with Crippen LogP contribution in [0.1, 0.15) is 25.1 Å². The van der Waals surface area contributed by atoms with Crippen molar-refractivity contribution in [1.82, 2.24) is 19.1 Å². The summed E-state index contributed by atoms with van der Waals surface area (Å²) in [7, 11) is 0. The lowest BCUT2D eigenvalue weighted by Gasteiger charge is -2.20. The molecule has 0 spiro atoms. The van der Waals surface area contributed by atoms with E-state index in [4.69, 9.17) is 4.98 Å². The van der Waals surface area contributed by atoms with Crippen LogP contribution in [0.3, 0.4) is 0 Å². The molecular weight excluding hydrogens is 404 g/mol. The van der Waals surface area contributed by atoms with Crippen LogP contribution in [0.25, 0.3) is 44.6 Å². The molecule has 0 saturated heterocycles. The molecule has 4 heteroatoms. The van der Waals surface area contributed by atoms with Gasteiger partial charge in [0.2, 0.25) is 0 Å². The van der Waals surface area contributed by atoms with Gasteiger partial charge in [0.15, 0.2) is 0 Å². The minimum absolute atomic E-state index is 0.122. The molecule has 1 aliphatic rings. The van der Waals surface area contributed by atoms with Gasteiger partial charge in [-0.3, -0.25) is 9.55 Å². The highest BCUT2D eigenvalue weighted by Crippen LogP contribution is 2.49. The molecule has 6 aromatic rings. The second-order valence-electron chi connectivity index (χ2n) is 9.22. The predicted octanol–water partition coefficient (Wildman–Crippen LogP) is 6.67. The van der Waals surface area contributed by atoms with Crippen molar-refractivity contribution in [3.05, 3.63) is 109 Å². The van der Waals surface area contributed by atoms with E-state index in [1.165, 1.54) is 33.2 Å². The lowest BCUT2D eigenvalue weighted by atomic mass is 9.83. The Labute approximate surface area is 191 Å². The number of hydrogen-bond donors (Lipinski definition) is 0. The maximum atomic E-state index is 4.75. The largest absolute Gasteiger partial charge is 0.317 e. The zero-order chi connectivity index (χ0) is 22.2. The van der Waals surface area contributed by atoms with Gasteiger partial charge in [-0.05, 0) is 48.0 Å². The van der Waals surface area contributed by atoms with Gasteiger partial charge in [0.25, 0.3) is 0 Å². The van der Waals surface area contributed by atoms with Crippen LogP contribution in [0.15, 0.2) is 97.5 Å². The summed E-state index contributed by atoms with van der Waals surface area (Å²) in [5.74, 6) is 0.934. The number of fused-ring (bicyclic) bond motifs is 7. The second kappa shape index (κ2) is 6.42. The smallest absolute Gasteiger partial charge is 0.137 e. The number of rotatable bonds is 2. The van der Waals surface area contributed by atoms with Crippen molar-refractivity contribution < 1.29 is 0 Å². The number of hydrogen-bond acceptors (Lipinski definition) is 2. The normalized spacial score (nSPS) is 14.0. The third-order valence-electron chi connectivity index (χ3n) is 7.00. The summed E-state index contributed by atoms with van der Waals surface area (Å²) >= 11 is 0. The molecular formula is C29H22N4. The Hall–Kier alpha value is -4.18. The molecule has 4 aromatic heterocycles. The molecule has 5 heterocycles. The monoisotopic (exact) mass is 426 g/mol. The summed E-state index contributed by atoms with van der Waals surface area (Å²) in [6.45, 7) is 4.65. The fraction of sp³-hybridized carbons (Fsp3) is 0.103. The standard InChI is InChI=1S/C29H22N4/c1-29(2)22-9-3-4-11-25(22)32-18-21-20-17-19(23-10-5-7-15-30-23)13-14-24(20)33(27(21)28(29)32)26-12-6-8-16-31-26/h3-18H,1-2H3. The Morgan fingerprint density at radius 2 is 1.55 bits per heavy atom. The van der Waals surface area contributed by atoms with Gasteiger partial charge in [0.1, 0.15) is 5.82 Å². The van der Waals surface area contributed by atoms with E-state index in [-0.39, 0.29) is 5.41 Å². The molecule has 0 bridgehead atoms. The molecule has 33 heavy (non-hydrogen) atoms. The molecule has 1 aliphatic heterocycles. The zero-order valence-corrected chi connectivity index (χ0v) is 18.5. The van der Waals surface area contributed by atoms with Crippen molar-refractivity contribution in [2.24, 2.45) is 0 Å². The predicted molar refractivity (Wildman–Crippen MR) is 133 cm³/mol. The Balaban J connectivity index is 1.63. The number of aromatic nitrogens is 4. The van der Waals surface area contributed by atoms with Gasteiger partial charge >= 0.3 is 0 Å². The van der Waals surface area contributed by atoms with Crippen LogP contribution in [0.2, 0.25) is 0 Å². The average molecular weight is 427 g/mol. The molecule has 158 valence electrons. The number of nitrogens with zero attached hydrogens (tertiary/aromatic N) is 4. The van der Waals surface area contributed by atoms with Gasteiger partial charge in [-0.1, -0.05) is 50.2 Å². The average Bonchev–Trinajstić information content (AvgIpc) is 3.46. The van der Waals surface area contributed by atoms with Gasteiger partial charge in [-0.15, -0.1) is 0 Å². The first-order valence-electron chi connectivity index (χ1n) is 11.3. The fourth-order valence-electron chi connectivity index (χ4n) is 5.53. The Morgan fingerprint density at radius 3 is 2.33 bits per heavy atom. The molecule has 0 aliphatic carbocycles. The maximum absolute atomic E-state index is 4.75. The first-order valence-corrected chi connectivity index (χ1v) is 11.3. The van der Waals surface area contributed by atoms with Crippen LogP contribution in [0.5, 0.6) is 0 Å². The summed E-state index contributed by atoms with van der Waals surface area (Å²) in [4.78, 5) is 9.32. The highest BCUT2D eigenvalue weighted by atomic mass is 15.1. The van der Waals surface area contributed by atoms with Crippen LogP contribution >= 0.6 is 0 Å². The third-order valence-corrected chi connectivity index (χ3v) is 7.00. The molecule has 2 aromatic carbocycles. The zero-order valence-electron chi connectivity index (χ0n) is 18.5. The van der Waals surface area contributed by atoms with Crippen molar-refractivity contribution in [1.29, 1.82) is 0 Å². The summed E-state index contributed by atoms with van der Waals surface area (Å²) in [5, 5.41) is 2.46. The number of pyridine rings is 2. The minimum Gasteiger partial charge on any atom is -0.317 e. The van der Waals surface area contributed by atoms with Gasteiger partial charge in [-0.25, -0.2) is 4.98 Å². The van der Waals surface area contributed by atoms with Crippen LogP contribution < -0.4 is 0 Å². The molecule has 4 nitrogen and oxygen atoms in total. The summed E-state index contributed by atoms with van der Waals surface area (Å²) in [6, 6.07) is 27.5. The summed E-state index contributed by atoms with van der Waals surface area (Å²) in [6.07, 6.45) is 6.02. The Kier molecular flexibility index (Phi) is 3.58. The summed E-state index contributed by atoms with van der Waals surface area (Å²) in [5.41, 5.74) is 8.29. The Bertz CT molecular complexity index is 1670. The van der Waals surface area contributed by atoms with Crippen LogP contribution in [0.4, 0.5) is 0 Å². The van der Waals surface area contributed by atoms with Crippen LogP contribution in [-0.2, 0) is 5.41 Å². The van der Waals surface area contributed by atoms with E-state index in [1.807, 2.05) is 30.6 Å². The lowest BCUT2D eigenvalue weighted by Crippen LogP contribution is -2.16. The number of para-hydroxylation sites is 1. The molecule has 0 unspecified atom stereocenters. The fourth-order valence-corrected chi connectivity index (χ4v) is 5.53. The van der Waals surface area contributed by atoms with E-state index < -0.39 is 0 Å². The molecule has 0 atom stereocenters. The molecule has 7 rings (SSSR count). The molecule has 0 saturated carbocycles. The molecule has 0 amide bonds. The van der Waals surface area contributed by atoms with E-state index in [9.17, 15) is 0 Å². The second-order valence-corrected chi connectivity index (χ2v) is 9.22. The molecule has 0 N–H and O–H groups in total. The maximum Gasteiger partial charge on any atom is 0.137 e.